The number of rotatable bonds is 8. The largest absolute Gasteiger partial charge is 0.484 e. The van der Waals surface area contributed by atoms with Crippen LogP contribution in [0.1, 0.15) is 42.6 Å². The van der Waals surface area contributed by atoms with Gasteiger partial charge in [0.15, 0.2) is 6.61 Å². The molecule has 0 saturated carbocycles. The first-order valence-electron chi connectivity index (χ1n) is 8.92. The fourth-order valence-electron chi connectivity index (χ4n) is 2.36. The molecule has 0 radical (unpaired) electrons. The molecule has 2 aromatic carbocycles. The van der Waals surface area contributed by atoms with Crippen LogP contribution in [0.3, 0.4) is 0 Å². The third-order valence-electron chi connectivity index (χ3n) is 4.04. The van der Waals surface area contributed by atoms with Crippen molar-refractivity contribution in [1.29, 1.82) is 0 Å². The highest BCUT2D eigenvalue weighted by Gasteiger charge is 2.15. The second kappa shape index (κ2) is 9.55. The molecule has 0 heterocycles. The molecule has 2 rings (SSSR count). The van der Waals surface area contributed by atoms with Gasteiger partial charge >= 0.3 is 5.97 Å². The van der Waals surface area contributed by atoms with Crippen LogP contribution in [0.2, 0.25) is 0 Å². The predicted octanol–water partition coefficient (Wildman–Crippen LogP) is 3.03. The zero-order valence-corrected chi connectivity index (χ0v) is 16.1. The summed E-state index contributed by atoms with van der Waals surface area (Å²) in [4.78, 5) is 34.8. The molecule has 1 unspecified atom stereocenters. The lowest BCUT2D eigenvalue weighted by Crippen LogP contribution is -2.38. The first kappa shape index (κ1) is 21.0. The maximum absolute atomic E-state index is 12.1. The van der Waals surface area contributed by atoms with Gasteiger partial charge in [0.2, 0.25) is 0 Å². The van der Waals surface area contributed by atoms with E-state index in [4.69, 9.17) is 9.84 Å². The molecule has 7 heteroatoms. The number of benzene rings is 2. The van der Waals surface area contributed by atoms with Crippen molar-refractivity contribution in [3.05, 3.63) is 59.7 Å². The quantitative estimate of drug-likeness (QED) is 0.649. The Bertz CT molecular complexity index is 846. The van der Waals surface area contributed by atoms with Gasteiger partial charge in [-0.3, -0.25) is 14.4 Å². The molecule has 0 spiro atoms. The Morgan fingerprint density at radius 3 is 2.32 bits per heavy atom. The van der Waals surface area contributed by atoms with Crippen LogP contribution in [0, 0.1) is 0 Å². The molecule has 7 nitrogen and oxygen atoms in total. The van der Waals surface area contributed by atoms with Crippen LogP contribution in [-0.4, -0.2) is 35.5 Å². The number of carboxylic acid groups (broad SMARTS) is 1. The Labute approximate surface area is 163 Å². The summed E-state index contributed by atoms with van der Waals surface area (Å²) in [7, 11) is 0. The number of carboxylic acids is 1. The molecule has 0 aliphatic heterocycles. The van der Waals surface area contributed by atoms with Crippen LogP contribution >= 0.6 is 0 Å². The Morgan fingerprint density at radius 2 is 1.71 bits per heavy atom. The number of ether oxygens (including phenoxy) is 1. The molecule has 148 valence electrons. The van der Waals surface area contributed by atoms with Crippen LogP contribution in [-0.2, 0) is 9.59 Å². The maximum Gasteiger partial charge on any atom is 0.325 e. The average molecular weight is 384 g/mol. The van der Waals surface area contributed by atoms with Crippen molar-refractivity contribution in [2.75, 3.05) is 11.9 Å². The van der Waals surface area contributed by atoms with Gasteiger partial charge in [0.1, 0.15) is 11.8 Å². The van der Waals surface area contributed by atoms with Gasteiger partial charge in [0.25, 0.3) is 11.8 Å². The molecule has 2 aromatic rings. The minimum atomic E-state index is -1.11. The zero-order chi connectivity index (χ0) is 20.7. The third kappa shape index (κ3) is 6.12. The minimum Gasteiger partial charge on any atom is -0.484 e. The van der Waals surface area contributed by atoms with Gasteiger partial charge in [0, 0.05) is 11.3 Å². The number of anilines is 1. The van der Waals surface area contributed by atoms with E-state index in [2.05, 4.69) is 24.5 Å². The highest BCUT2D eigenvalue weighted by Crippen LogP contribution is 2.20. The molecule has 0 aromatic heterocycles. The van der Waals surface area contributed by atoms with Crippen LogP contribution < -0.4 is 15.4 Å². The standard InChI is InChI=1S/C21H24N2O5/c1-13(2)16-5-4-6-18(11-16)28-12-19(24)23-17-9-7-15(8-10-17)20(25)22-14(3)21(26)27/h4-11,13-14H,12H2,1-3H3,(H,22,25)(H,23,24)(H,26,27). The molecule has 3 N–H and O–H groups in total. The molecule has 0 aliphatic rings. The molecular weight excluding hydrogens is 360 g/mol. The zero-order valence-electron chi connectivity index (χ0n) is 16.1. The topological polar surface area (TPSA) is 105 Å². The highest BCUT2D eigenvalue weighted by molar-refractivity contribution is 5.97. The molecule has 0 aliphatic carbocycles. The number of amides is 2. The molecule has 0 saturated heterocycles. The first-order chi connectivity index (χ1) is 13.3. The molecule has 0 bridgehead atoms. The minimum absolute atomic E-state index is 0.139. The number of carbonyl (C=O) groups is 3. The van der Waals surface area contributed by atoms with E-state index in [0.29, 0.717) is 22.9 Å². The van der Waals surface area contributed by atoms with Gasteiger partial charge in [-0.2, -0.15) is 0 Å². The summed E-state index contributed by atoms with van der Waals surface area (Å²) in [5.74, 6) is -0.948. The lowest BCUT2D eigenvalue weighted by Gasteiger charge is -2.11. The second-order valence-electron chi connectivity index (χ2n) is 6.67. The van der Waals surface area contributed by atoms with E-state index in [9.17, 15) is 14.4 Å². The van der Waals surface area contributed by atoms with Gasteiger partial charge in [0.05, 0.1) is 0 Å². The summed E-state index contributed by atoms with van der Waals surface area (Å²) >= 11 is 0. The van der Waals surface area contributed by atoms with E-state index in [1.165, 1.54) is 19.1 Å². The van der Waals surface area contributed by atoms with Gasteiger partial charge in [-0.05, 0) is 54.8 Å². The lowest BCUT2D eigenvalue weighted by atomic mass is 10.0. The summed E-state index contributed by atoms with van der Waals surface area (Å²) in [5.41, 5.74) is 1.93. The van der Waals surface area contributed by atoms with E-state index >= 15 is 0 Å². The Hall–Kier alpha value is -3.35. The van der Waals surface area contributed by atoms with Crippen LogP contribution in [0.15, 0.2) is 48.5 Å². The van der Waals surface area contributed by atoms with E-state index in [0.717, 1.165) is 5.56 Å². The first-order valence-corrected chi connectivity index (χ1v) is 8.92. The van der Waals surface area contributed by atoms with Crippen molar-refractivity contribution in [3.63, 3.8) is 0 Å². The van der Waals surface area contributed by atoms with E-state index in [1.807, 2.05) is 18.2 Å². The number of hydrogen-bond acceptors (Lipinski definition) is 4. The summed E-state index contributed by atoms with van der Waals surface area (Å²) < 4.78 is 5.53. The summed E-state index contributed by atoms with van der Waals surface area (Å²) in [6.07, 6.45) is 0. The summed E-state index contributed by atoms with van der Waals surface area (Å²) in [6, 6.07) is 12.8. The van der Waals surface area contributed by atoms with Crippen LogP contribution in [0.25, 0.3) is 0 Å². The molecule has 1 atom stereocenters. The summed E-state index contributed by atoms with van der Waals surface area (Å²) in [6.45, 7) is 5.40. The number of hydrogen-bond donors (Lipinski definition) is 3. The number of nitrogens with one attached hydrogen (secondary N) is 2. The highest BCUT2D eigenvalue weighted by atomic mass is 16.5. The maximum atomic E-state index is 12.1. The second-order valence-corrected chi connectivity index (χ2v) is 6.67. The smallest absolute Gasteiger partial charge is 0.325 e. The number of carbonyl (C=O) groups excluding carboxylic acids is 2. The van der Waals surface area contributed by atoms with Crippen molar-refractivity contribution in [2.24, 2.45) is 0 Å². The number of aliphatic carboxylic acids is 1. The van der Waals surface area contributed by atoms with Crippen molar-refractivity contribution in [2.45, 2.75) is 32.7 Å². The van der Waals surface area contributed by atoms with Crippen molar-refractivity contribution < 1.29 is 24.2 Å². The molecule has 28 heavy (non-hydrogen) atoms. The van der Waals surface area contributed by atoms with Gasteiger partial charge in [-0.25, -0.2) is 0 Å². The van der Waals surface area contributed by atoms with E-state index in [1.54, 1.807) is 18.2 Å². The Kier molecular flexibility index (Phi) is 7.14. The van der Waals surface area contributed by atoms with Gasteiger partial charge in [-0.1, -0.05) is 26.0 Å². The average Bonchev–Trinajstić information content (AvgIpc) is 2.67. The van der Waals surface area contributed by atoms with E-state index in [-0.39, 0.29) is 12.5 Å². The third-order valence-corrected chi connectivity index (χ3v) is 4.04. The molecule has 2 amide bonds. The van der Waals surface area contributed by atoms with Crippen molar-refractivity contribution in [1.82, 2.24) is 5.32 Å². The molecule has 0 fully saturated rings. The fourth-order valence-corrected chi connectivity index (χ4v) is 2.36. The van der Waals surface area contributed by atoms with Crippen LogP contribution in [0.5, 0.6) is 5.75 Å². The SMILES string of the molecule is CC(NC(=O)c1ccc(NC(=O)COc2cccc(C(C)C)c2)cc1)C(=O)O. The lowest BCUT2D eigenvalue weighted by molar-refractivity contribution is -0.138. The monoisotopic (exact) mass is 384 g/mol. The van der Waals surface area contributed by atoms with E-state index < -0.39 is 17.9 Å². The Balaban J connectivity index is 1.88. The normalized spacial score (nSPS) is 11.6. The van der Waals surface area contributed by atoms with Crippen molar-refractivity contribution >= 4 is 23.5 Å². The summed E-state index contributed by atoms with van der Waals surface area (Å²) in [5, 5.41) is 13.9. The fraction of sp³-hybridized carbons (Fsp3) is 0.286. The van der Waals surface area contributed by atoms with Gasteiger partial charge < -0.3 is 20.5 Å². The molecular formula is C21H24N2O5. The van der Waals surface area contributed by atoms with Gasteiger partial charge in [-0.15, -0.1) is 0 Å². The predicted molar refractivity (Wildman–Crippen MR) is 106 cm³/mol. The Morgan fingerprint density at radius 1 is 1.04 bits per heavy atom. The van der Waals surface area contributed by atoms with Crippen LogP contribution in [0.4, 0.5) is 5.69 Å². The van der Waals surface area contributed by atoms with Crippen molar-refractivity contribution in [3.8, 4) is 5.75 Å².